The monoisotopic (exact) mass is 749 g/mol. The number of carbonyl (C=O) groups is 5. The number of H-pyrrole nitrogens is 1. The van der Waals surface area contributed by atoms with Gasteiger partial charge in [0.2, 0.25) is 16.9 Å². The maximum Gasteiger partial charge on any atom is 0.362 e. The molecule has 0 radical (unpaired) electrons. The van der Waals surface area contributed by atoms with Crippen molar-refractivity contribution in [1.82, 2.24) is 24.9 Å². The Labute approximate surface area is 291 Å². The predicted molar refractivity (Wildman–Crippen MR) is 176 cm³/mol. The van der Waals surface area contributed by atoms with Crippen LogP contribution in [0.25, 0.3) is 0 Å². The number of carboxylic acid groups (broad SMARTS) is 1. The van der Waals surface area contributed by atoms with Crippen LogP contribution in [-0.4, -0.2) is 96.3 Å². The minimum atomic E-state index is -5.12. The fourth-order valence-corrected chi connectivity index (χ4v) is 6.68. The Bertz CT molecular complexity index is 2080. The molecule has 20 nitrogen and oxygen atoms in total. The minimum Gasteiger partial charge on any atom is -0.503 e. The van der Waals surface area contributed by atoms with Crippen LogP contribution in [0.15, 0.2) is 51.9 Å². The Morgan fingerprint density at radius 1 is 1.14 bits per heavy atom. The number of benzene rings is 1. The number of carbonyl (C=O) groups excluding carboxylic acids is 4. The van der Waals surface area contributed by atoms with Crippen molar-refractivity contribution in [1.29, 1.82) is 0 Å². The maximum absolute atomic E-state index is 13.5. The molecule has 2 atom stereocenters. The van der Waals surface area contributed by atoms with E-state index in [4.69, 9.17) is 10.6 Å². The van der Waals surface area contributed by atoms with Gasteiger partial charge in [-0.15, -0.1) is 11.3 Å². The highest BCUT2D eigenvalue weighted by molar-refractivity contribution is 7.84. The molecule has 22 heteroatoms. The lowest BCUT2D eigenvalue weighted by Crippen LogP contribution is -2.66. The van der Waals surface area contributed by atoms with Crippen LogP contribution in [0.1, 0.15) is 57.8 Å². The topological polar surface area (TPSA) is 332 Å². The Balaban J connectivity index is 0.00000583. The lowest BCUT2D eigenvalue weighted by molar-refractivity contribution is -0.178. The van der Waals surface area contributed by atoms with E-state index in [0.717, 1.165) is 23.6 Å². The van der Waals surface area contributed by atoms with Crippen molar-refractivity contribution in [3.8, 4) is 5.75 Å². The predicted octanol–water partition coefficient (Wildman–Crippen LogP) is -1.03. The standard InChI is InChI=1S/C29H29N7O12S2.H2O/c30-28-34-18(13-49-28)23(35-48-29(27(43)44)5-2-6-29)21(38)9-17-19(36(26(17)42)50(45,46)47)11-33-25(41)15-4-1-3-14(7-15)24(40)32-10-16-8-20(37)22(39)12-31-16;/h1,3-4,7-8,12-13,17,19,39H,2,5-6,9-11H2,(H2,30,34)(H,31,37)(H,32,40)(H,33,41)(H,43,44)(H,45,46,47);1H2/b35-23-;/t17-,19+;/m0./s1. The van der Waals surface area contributed by atoms with E-state index in [9.17, 15) is 52.0 Å². The highest BCUT2D eigenvalue weighted by Gasteiger charge is 2.54. The van der Waals surface area contributed by atoms with E-state index in [-0.39, 0.29) is 51.1 Å². The highest BCUT2D eigenvalue weighted by atomic mass is 32.2. The SMILES string of the molecule is Nc1nc(/C(=N/OC2(C(=O)O)CCC2)C(=O)C[C@@H]2C(=O)N(S(=O)(=O)O)[C@@H]2CNC(=O)c2cccc(C(=O)NCc3cc(=O)c(O)c[nH]3)c2)cs1.O. The van der Waals surface area contributed by atoms with E-state index < -0.39 is 87.2 Å². The molecule has 0 unspecified atom stereocenters. The van der Waals surface area contributed by atoms with Gasteiger partial charge in [-0.2, -0.15) is 8.42 Å². The largest absolute Gasteiger partial charge is 0.503 e. The number of carboxylic acids is 1. The van der Waals surface area contributed by atoms with Crippen LogP contribution in [0.3, 0.4) is 0 Å². The molecule has 1 aromatic carbocycles. The number of aromatic amines is 1. The molecule has 1 aliphatic heterocycles. The van der Waals surface area contributed by atoms with Gasteiger partial charge in [-0.25, -0.2) is 14.1 Å². The number of rotatable bonds is 14. The summed E-state index contributed by atoms with van der Waals surface area (Å²) >= 11 is 0.948. The van der Waals surface area contributed by atoms with E-state index in [1.165, 1.54) is 29.6 Å². The number of thiazole rings is 1. The summed E-state index contributed by atoms with van der Waals surface area (Å²) in [6, 6.07) is 5.06. The average molecular weight is 750 g/mol. The first-order valence-electron chi connectivity index (χ1n) is 14.7. The number of aliphatic carboxylic acids is 1. The summed E-state index contributed by atoms with van der Waals surface area (Å²) in [5.74, 6) is -6.61. The second kappa shape index (κ2) is 15.0. The smallest absolute Gasteiger partial charge is 0.362 e. The summed E-state index contributed by atoms with van der Waals surface area (Å²) in [4.78, 5) is 87.4. The van der Waals surface area contributed by atoms with Crippen molar-refractivity contribution in [3.05, 3.63) is 74.6 Å². The van der Waals surface area contributed by atoms with Crippen molar-refractivity contribution >= 4 is 62.0 Å². The van der Waals surface area contributed by atoms with Crippen LogP contribution in [0.2, 0.25) is 0 Å². The molecule has 2 aromatic heterocycles. The summed E-state index contributed by atoms with van der Waals surface area (Å²) in [6.45, 7) is -0.664. The number of pyridine rings is 1. The number of ketones is 1. The first-order valence-corrected chi connectivity index (χ1v) is 17.0. The zero-order valence-corrected chi connectivity index (χ0v) is 27.8. The quantitative estimate of drug-likeness (QED) is 0.0449. The number of Topliss-reactive ketones (excluding diaryl/α,β-unsaturated/α-hetero) is 1. The summed E-state index contributed by atoms with van der Waals surface area (Å²) in [6.07, 6.45) is 1.19. The summed E-state index contributed by atoms with van der Waals surface area (Å²) in [5, 5.41) is 29.1. The Kier molecular flexibility index (Phi) is 11.2. The molecule has 3 heterocycles. The normalized spacial score (nSPS) is 18.0. The number of amides is 3. The number of hydrogen-bond acceptors (Lipinski definition) is 14. The van der Waals surface area contributed by atoms with Gasteiger partial charge in [-0.1, -0.05) is 11.2 Å². The van der Waals surface area contributed by atoms with Crippen molar-refractivity contribution in [2.75, 3.05) is 12.3 Å². The lowest BCUT2D eigenvalue weighted by atomic mass is 9.80. The Hall–Kier alpha value is -5.71. The van der Waals surface area contributed by atoms with Gasteiger partial charge < -0.3 is 41.9 Å². The zero-order chi connectivity index (χ0) is 36.4. The molecule has 10 N–H and O–H groups in total. The third-order valence-corrected chi connectivity index (χ3v) is 9.72. The van der Waals surface area contributed by atoms with Crippen LogP contribution in [-0.2, 0) is 36.1 Å². The van der Waals surface area contributed by atoms with Gasteiger partial charge in [0.1, 0.15) is 5.69 Å². The van der Waals surface area contributed by atoms with Crippen molar-refractivity contribution in [2.45, 2.75) is 43.9 Å². The van der Waals surface area contributed by atoms with E-state index >= 15 is 0 Å². The van der Waals surface area contributed by atoms with Crippen LogP contribution in [0.4, 0.5) is 5.13 Å². The Morgan fingerprint density at radius 3 is 2.35 bits per heavy atom. The number of hydrogen-bond donors (Lipinski definition) is 7. The molecule has 1 saturated heterocycles. The van der Waals surface area contributed by atoms with Gasteiger partial charge in [0.05, 0.1) is 18.5 Å². The number of aromatic hydroxyl groups is 1. The molecule has 272 valence electrons. The molecular formula is C29H31N7O13S2. The molecule has 3 aromatic rings. The molecule has 0 bridgehead atoms. The van der Waals surface area contributed by atoms with E-state index in [2.05, 4.69) is 25.8 Å². The maximum atomic E-state index is 13.5. The second-order valence-corrected chi connectivity index (χ2v) is 13.5. The number of nitrogens with one attached hydrogen (secondary N) is 3. The third-order valence-electron chi connectivity index (χ3n) is 8.10. The number of aromatic nitrogens is 2. The van der Waals surface area contributed by atoms with Gasteiger partial charge in [-0.3, -0.25) is 28.5 Å². The number of oxime groups is 1. The number of nitrogens with zero attached hydrogens (tertiary/aromatic N) is 3. The molecule has 2 fully saturated rings. The van der Waals surface area contributed by atoms with Gasteiger partial charge >= 0.3 is 16.3 Å². The molecule has 3 amide bonds. The molecule has 51 heavy (non-hydrogen) atoms. The number of nitrogen functional groups attached to an aromatic ring is 1. The average Bonchev–Trinajstić information content (AvgIpc) is 3.47. The molecule has 2 aliphatic rings. The van der Waals surface area contributed by atoms with Crippen LogP contribution in [0.5, 0.6) is 5.75 Å². The molecular weight excluding hydrogens is 718 g/mol. The van der Waals surface area contributed by atoms with Crippen LogP contribution < -0.4 is 21.8 Å². The summed E-state index contributed by atoms with van der Waals surface area (Å²) in [5.41, 5.74) is 3.16. The number of β-lactam (4-membered cyclic amide) rings is 1. The number of anilines is 1. The summed E-state index contributed by atoms with van der Waals surface area (Å²) < 4.78 is 33.9. The van der Waals surface area contributed by atoms with Crippen LogP contribution in [0, 0.1) is 5.92 Å². The van der Waals surface area contributed by atoms with Gasteiger partial charge in [0.15, 0.2) is 22.4 Å². The lowest BCUT2D eigenvalue weighted by Gasteiger charge is -2.44. The van der Waals surface area contributed by atoms with Crippen molar-refractivity contribution in [3.63, 3.8) is 0 Å². The van der Waals surface area contributed by atoms with E-state index in [1.807, 2.05) is 0 Å². The first-order chi connectivity index (χ1) is 23.6. The molecule has 5 rings (SSSR count). The number of nitrogens with two attached hydrogens (primary N) is 1. The fraction of sp³-hybridized carbons (Fsp3) is 0.310. The fourth-order valence-electron chi connectivity index (χ4n) is 5.20. The van der Waals surface area contributed by atoms with Gasteiger partial charge in [0, 0.05) is 60.3 Å². The molecule has 1 aliphatic carbocycles. The van der Waals surface area contributed by atoms with Gasteiger partial charge in [0.25, 0.3) is 11.8 Å². The zero-order valence-electron chi connectivity index (χ0n) is 26.2. The van der Waals surface area contributed by atoms with Crippen molar-refractivity contribution in [2.24, 2.45) is 11.1 Å². The van der Waals surface area contributed by atoms with E-state index in [1.54, 1.807) is 0 Å². The first kappa shape index (κ1) is 38.1. The van der Waals surface area contributed by atoms with Gasteiger partial charge in [-0.05, 0) is 24.6 Å². The van der Waals surface area contributed by atoms with Crippen LogP contribution >= 0.6 is 11.3 Å². The third kappa shape index (κ3) is 8.20. The van der Waals surface area contributed by atoms with E-state index in [0.29, 0.717) is 12.1 Å². The summed E-state index contributed by atoms with van der Waals surface area (Å²) in [7, 11) is -5.12. The Morgan fingerprint density at radius 2 is 1.80 bits per heavy atom. The molecule has 1 saturated carbocycles. The minimum absolute atomic E-state index is 0. The highest BCUT2D eigenvalue weighted by Crippen LogP contribution is 2.37. The molecule has 0 spiro atoms. The van der Waals surface area contributed by atoms with Crippen molar-refractivity contribution < 1.29 is 57.5 Å². The second-order valence-electron chi connectivity index (χ2n) is 11.3.